The van der Waals surface area contributed by atoms with Crippen molar-refractivity contribution in [1.82, 2.24) is 4.98 Å². The fourth-order valence-corrected chi connectivity index (χ4v) is 3.83. The number of hydrogen-bond donors (Lipinski definition) is 0. The second-order valence-electron chi connectivity index (χ2n) is 9.56. The van der Waals surface area contributed by atoms with Crippen LogP contribution in [0.1, 0.15) is 86.7 Å². The molecule has 2 aromatic carbocycles. The van der Waals surface area contributed by atoms with Crippen molar-refractivity contribution in [1.29, 1.82) is 0 Å². The maximum absolute atomic E-state index is 8.23. The predicted octanol–water partition coefficient (Wildman–Crippen LogP) is 8.27. The highest BCUT2D eigenvalue weighted by molar-refractivity contribution is 5.79. The average Bonchev–Trinajstić information content (AvgIpc) is 2.71. The van der Waals surface area contributed by atoms with E-state index in [2.05, 4.69) is 77.7 Å². The molecule has 0 N–H and O–H groups in total. The van der Waals surface area contributed by atoms with Gasteiger partial charge in [0, 0.05) is 15.9 Å². The summed E-state index contributed by atoms with van der Waals surface area (Å²) in [7, 11) is 0. The lowest BCUT2D eigenvalue weighted by Crippen LogP contribution is -2.11. The molecule has 0 fully saturated rings. The summed E-state index contributed by atoms with van der Waals surface area (Å²) < 4.78 is 24.7. The van der Waals surface area contributed by atoms with E-state index in [1.807, 2.05) is 24.4 Å². The molecule has 0 atom stereocenters. The number of pyridine rings is 1. The molecule has 3 rings (SSSR count). The molecule has 0 spiro atoms. The molecule has 1 aromatic heterocycles. The van der Waals surface area contributed by atoms with Crippen LogP contribution < -0.4 is 0 Å². The minimum absolute atomic E-state index is 0.00814. The summed E-state index contributed by atoms with van der Waals surface area (Å²) in [5.41, 5.74) is 7.60. The van der Waals surface area contributed by atoms with Crippen LogP contribution in [0.2, 0.25) is 0 Å². The van der Waals surface area contributed by atoms with Gasteiger partial charge in [-0.15, -0.1) is 0 Å². The zero-order chi connectivity index (χ0) is 23.8. The standard InChI is InChI=1S/C28H35N/c1-18(2)23-10-9-11-24(19(3)4)27(23)25-16-21(13-12-20(25)5)26-17-22(14-15-29-26)28(6,7)8/h9-19H,1-8H3/i5D3. The van der Waals surface area contributed by atoms with E-state index in [-0.39, 0.29) is 17.3 Å². The van der Waals surface area contributed by atoms with Crippen LogP contribution in [0.5, 0.6) is 0 Å². The molecule has 152 valence electrons. The van der Waals surface area contributed by atoms with Crippen molar-refractivity contribution in [3.05, 3.63) is 77.0 Å². The third-order valence-electron chi connectivity index (χ3n) is 5.58. The van der Waals surface area contributed by atoms with Gasteiger partial charge in [-0.05, 0) is 75.7 Å². The van der Waals surface area contributed by atoms with Crippen molar-refractivity contribution >= 4 is 0 Å². The zero-order valence-electron chi connectivity index (χ0n) is 21.8. The third-order valence-corrected chi connectivity index (χ3v) is 5.58. The Labute approximate surface area is 181 Å². The molecule has 0 radical (unpaired) electrons. The second-order valence-corrected chi connectivity index (χ2v) is 9.56. The Hall–Kier alpha value is -2.41. The van der Waals surface area contributed by atoms with Crippen LogP contribution in [-0.2, 0) is 5.41 Å². The first-order valence-corrected chi connectivity index (χ1v) is 10.5. The van der Waals surface area contributed by atoms with Gasteiger partial charge in [0.25, 0.3) is 0 Å². The van der Waals surface area contributed by atoms with Gasteiger partial charge in [0.2, 0.25) is 0 Å². The Morgan fingerprint density at radius 3 is 2.07 bits per heavy atom. The van der Waals surface area contributed by atoms with Gasteiger partial charge in [-0.2, -0.15) is 0 Å². The summed E-state index contributed by atoms with van der Waals surface area (Å²) in [6.07, 6.45) is 1.84. The van der Waals surface area contributed by atoms with Gasteiger partial charge in [0.15, 0.2) is 0 Å². The lowest BCUT2D eigenvalue weighted by atomic mass is 9.82. The summed E-state index contributed by atoms with van der Waals surface area (Å²) in [5, 5.41) is 0. The van der Waals surface area contributed by atoms with Crippen molar-refractivity contribution in [3.63, 3.8) is 0 Å². The number of aryl methyl sites for hydroxylation is 1. The fourth-order valence-electron chi connectivity index (χ4n) is 3.83. The van der Waals surface area contributed by atoms with Crippen LogP contribution in [0.3, 0.4) is 0 Å². The van der Waals surface area contributed by atoms with Crippen LogP contribution >= 0.6 is 0 Å². The summed E-state index contributed by atoms with van der Waals surface area (Å²) in [6.45, 7) is 13.0. The summed E-state index contributed by atoms with van der Waals surface area (Å²) in [4.78, 5) is 4.62. The molecule has 29 heavy (non-hydrogen) atoms. The molecule has 0 aliphatic carbocycles. The van der Waals surface area contributed by atoms with E-state index in [0.717, 1.165) is 22.4 Å². The van der Waals surface area contributed by atoms with Crippen molar-refractivity contribution in [2.24, 2.45) is 0 Å². The average molecular weight is 389 g/mol. The van der Waals surface area contributed by atoms with Gasteiger partial charge in [-0.25, -0.2) is 0 Å². The molecule has 1 nitrogen and oxygen atoms in total. The van der Waals surface area contributed by atoms with Gasteiger partial charge in [-0.3, -0.25) is 4.98 Å². The summed E-state index contributed by atoms with van der Waals surface area (Å²) in [6, 6.07) is 16.2. The highest BCUT2D eigenvalue weighted by Crippen LogP contribution is 2.39. The van der Waals surface area contributed by atoms with E-state index in [0.29, 0.717) is 5.56 Å². The number of aromatic nitrogens is 1. The molecule has 0 saturated heterocycles. The van der Waals surface area contributed by atoms with E-state index in [1.165, 1.54) is 16.7 Å². The Morgan fingerprint density at radius 1 is 0.862 bits per heavy atom. The maximum Gasteiger partial charge on any atom is 0.0705 e. The Bertz CT molecular complexity index is 1080. The highest BCUT2D eigenvalue weighted by atomic mass is 14.7. The number of benzene rings is 2. The molecule has 3 aromatic rings. The molecule has 0 saturated carbocycles. The van der Waals surface area contributed by atoms with Crippen molar-refractivity contribution in [2.75, 3.05) is 0 Å². The fraction of sp³-hybridized carbons (Fsp3) is 0.393. The van der Waals surface area contributed by atoms with Crippen LogP contribution in [0, 0.1) is 6.85 Å². The van der Waals surface area contributed by atoms with Crippen molar-refractivity contribution in [3.8, 4) is 22.4 Å². The van der Waals surface area contributed by atoms with Crippen molar-refractivity contribution in [2.45, 2.75) is 72.6 Å². The van der Waals surface area contributed by atoms with E-state index >= 15 is 0 Å². The molecular weight excluding hydrogens is 350 g/mol. The van der Waals surface area contributed by atoms with Crippen LogP contribution in [0.15, 0.2) is 54.7 Å². The SMILES string of the molecule is [2H]C([2H])([2H])c1ccc(-c2cc(C(C)(C)C)ccn2)cc1-c1c(C(C)C)cccc1C(C)C. The lowest BCUT2D eigenvalue weighted by molar-refractivity contribution is 0.589. The molecule has 0 bridgehead atoms. The lowest BCUT2D eigenvalue weighted by Gasteiger charge is -2.22. The monoisotopic (exact) mass is 388 g/mol. The smallest absolute Gasteiger partial charge is 0.0705 e. The minimum Gasteiger partial charge on any atom is -0.256 e. The molecule has 0 aliphatic heterocycles. The van der Waals surface area contributed by atoms with E-state index in [4.69, 9.17) is 4.11 Å². The first kappa shape index (κ1) is 17.4. The zero-order valence-corrected chi connectivity index (χ0v) is 18.8. The van der Waals surface area contributed by atoms with E-state index < -0.39 is 6.85 Å². The molecule has 0 aliphatic rings. The molecule has 0 unspecified atom stereocenters. The largest absolute Gasteiger partial charge is 0.256 e. The second kappa shape index (κ2) is 8.14. The van der Waals surface area contributed by atoms with Crippen LogP contribution in [-0.4, -0.2) is 4.98 Å². The Morgan fingerprint density at radius 2 is 1.52 bits per heavy atom. The summed E-state index contributed by atoms with van der Waals surface area (Å²) >= 11 is 0. The Kier molecular flexibility index (Phi) is 4.90. The molecule has 1 heteroatoms. The highest BCUT2D eigenvalue weighted by Gasteiger charge is 2.19. The first-order chi connectivity index (χ1) is 14.8. The van der Waals surface area contributed by atoms with Gasteiger partial charge >= 0.3 is 0 Å². The number of nitrogens with zero attached hydrogens (tertiary/aromatic N) is 1. The van der Waals surface area contributed by atoms with E-state index in [9.17, 15) is 0 Å². The molecule has 0 amide bonds. The van der Waals surface area contributed by atoms with Crippen LogP contribution in [0.25, 0.3) is 22.4 Å². The van der Waals surface area contributed by atoms with Gasteiger partial charge < -0.3 is 0 Å². The van der Waals surface area contributed by atoms with Gasteiger partial charge in [0.1, 0.15) is 0 Å². The Balaban J connectivity index is 2.35. The van der Waals surface area contributed by atoms with E-state index in [1.54, 1.807) is 6.07 Å². The molecule has 1 heterocycles. The molecular formula is C28H35N. The maximum atomic E-state index is 8.23. The quantitative estimate of drug-likeness (QED) is 0.438. The third kappa shape index (κ3) is 4.45. The van der Waals surface area contributed by atoms with Crippen LogP contribution in [0.4, 0.5) is 0 Å². The van der Waals surface area contributed by atoms with Gasteiger partial charge in [0.05, 0.1) is 5.69 Å². The normalized spacial score (nSPS) is 14.0. The first-order valence-electron chi connectivity index (χ1n) is 12.0. The topological polar surface area (TPSA) is 12.9 Å². The van der Waals surface area contributed by atoms with Gasteiger partial charge in [-0.1, -0.05) is 78.8 Å². The predicted molar refractivity (Wildman–Crippen MR) is 127 cm³/mol. The number of rotatable bonds is 4. The van der Waals surface area contributed by atoms with Crippen molar-refractivity contribution < 1.29 is 4.11 Å². The number of hydrogen-bond acceptors (Lipinski definition) is 1. The minimum atomic E-state index is -2.20. The summed E-state index contributed by atoms with van der Waals surface area (Å²) in [5.74, 6) is 0.554.